The molecular weight excluding hydrogens is 312 g/mol. The van der Waals surface area contributed by atoms with Crippen molar-refractivity contribution in [3.05, 3.63) is 35.4 Å². The average molecular weight is 347 g/mol. The third-order valence-corrected chi connectivity index (χ3v) is 4.08. The maximum Gasteiger partial charge on any atom is 0.253 e. The van der Waals surface area contributed by atoms with E-state index in [1.54, 1.807) is 19.0 Å². The van der Waals surface area contributed by atoms with Crippen LogP contribution in [0.3, 0.4) is 0 Å². The molecule has 0 aromatic heterocycles. The van der Waals surface area contributed by atoms with Crippen LogP contribution in [0.1, 0.15) is 56.0 Å². The molecule has 1 unspecified atom stereocenters. The molecule has 1 aromatic carbocycles. The number of hydrogen-bond acceptors (Lipinski definition) is 2. The molecule has 0 aliphatic heterocycles. The molecule has 5 heteroatoms. The van der Waals surface area contributed by atoms with Gasteiger partial charge in [-0.05, 0) is 43.4 Å². The van der Waals surface area contributed by atoms with Gasteiger partial charge in [-0.25, -0.2) is 0 Å². The molecule has 5 nitrogen and oxygen atoms in total. The Bertz CT molecular complexity index is 567. The van der Waals surface area contributed by atoms with Crippen LogP contribution in [0.15, 0.2) is 29.3 Å². The Balaban J connectivity index is 2.43. The Hall–Kier alpha value is -2.04. The molecule has 1 atom stereocenters. The number of aliphatic imine (C=N–C) groups is 1. The van der Waals surface area contributed by atoms with Gasteiger partial charge in [0.25, 0.3) is 5.91 Å². The zero-order valence-corrected chi connectivity index (χ0v) is 16.4. The molecule has 0 fully saturated rings. The third kappa shape index (κ3) is 8.57. The van der Waals surface area contributed by atoms with Gasteiger partial charge in [0.2, 0.25) is 0 Å². The number of nitrogens with two attached hydrogens (primary N) is 1. The highest BCUT2D eigenvalue weighted by Crippen LogP contribution is 2.09. The second-order valence-electron chi connectivity index (χ2n) is 7.29. The fourth-order valence-electron chi connectivity index (χ4n) is 2.63. The summed E-state index contributed by atoms with van der Waals surface area (Å²) >= 11 is 0. The van der Waals surface area contributed by atoms with Crippen LogP contribution in [0, 0.1) is 5.92 Å². The van der Waals surface area contributed by atoms with Gasteiger partial charge in [0.05, 0.1) is 0 Å². The van der Waals surface area contributed by atoms with E-state index in [1.807, 2.05) is 24.3 Å². The molecular formula is C20H34N4O. The minimum absolute atomic E-state index is 0.0155. The van der Waals surface area contributed by atoms with Crippen LogP contribution < -0.4 is 11.1 Å². The summed E-state index contributed by atoms with van der Waals surface area (Å²) in [7, 11) is 3.52. The molecule has 140 valence electrons. The van der Waals surface area contributed by atoms with E-state index < -0.39 is 0 Å². The van der Waals surface area contributed by atoms with Crippen molar-refractivity contribution in [2.75, 3.05) is 20.6 Å². The smallest absolute Gasteiger partial charge is 0.253 e. The van der Waals surface area contributed by atoms with Crippen LogP contribution in [0.2, 0.25) is 0 Å². The summed E-state index contributed by atoms with van der Waals surface area (Å²) in [5.41, 5.74) is 7.76. The van der Waals surface area contributed by atoms with Gasteiger partial charge >= 0.3 is 0 Å². The van der Waals surface area contributed by atoms with E-state index in [2.05, 4.69) is 31.1 Å². The van der Waals surface area contributed by atoms with Gasteiger partial charge in [0, 0.05) is 32.2 Å². The first-order valence-electron chi connectivity index (χ1n) is 9.16. The molecule has 3 N–H and O–H groups in total. The lowest BCUT2D eigenvalue weighted by Gasteiger charge is -2.15. The van der Waals surface area contributed by atoms with Gasteiger partial charge in [-0.3, -0.25) is 9.79 Å². The van der Waals surface area contributed by atoms with Crippen molar-refractivity contribution in [3.8, 4) is 0 Å². The summed E-state index contributed by atoms with van der Waals surface area (Å²) in [6.45, 7) is 7.24. The van der Waals surface area contributed by atoms with Crippen molar-refractivity contribution < 1.29 is 4.79 Å². The molecule has 25 heavy (non-hydrogen) atoms. The highest BCUT2D eigenvalue weighted by Gasteiger charge is 2.08. The summed E-state index contributed by atoms with van der Waals surface area (Å²) in [6, 6.07) is 8.03. The minimum atomic E-state index is 0.0155. The van der Waals surface area contributed by atoms with Crippen LogP contribution in [-0.4, -0.2) is 43.4 Å². The third-order valence-electron chi connectivity index (χ3n) is 4.08. The Morgan fingerprint density at radius 3 is 2.60 bits per heavy atom. The molecule has 0 spiro atoms. The first-order chi connectivity index (χ1) is 11.8. The Labute approximate surface area is 152 Å². The van der Waals surface area contributed by atoms with Crippen LogP contribution in [0.25, 0.3) is 0 Å². The Morgan fingerprint density at radius 1 is 1.24 bits per heavy atom. The number of carbonyl (C=O) groups is 1. The fourth-order valence-corrected chi connectivity index (χ4v) is 2.63. The number of nitrogens with zero attached hydrogens (tertiary/aromatic N) is 2. The van der Waals surface area contributed by atoms with E-state index in [4.69, 9.17) is 5.73 Å². The number of benzene rings is 1. The van der Waals surface area contributed by atoms with Gasteiger partial charge in [0.15, 0.2) is 5.96 Å². The predicted octanol–water partition coefficient (Wildman–Crippen LogP) is 3.05. The van der Waals surface area contributed by atoms with Gasteiger partial charge < -0.3 is 16.0 Å². The summed E-state index contributed by atoms with van der Waals surface area (Å²) < 4.78 is 0. The van der Waals surface area contributed by atoms with Gasteiger partial charge in [0.1, 0.15) is 0 Å². The number of rotatable bonds is 9. The van der Waals surface area contributed by atoms with E-state index in [1.165, 1.54) is 12.8 Å². The number of amides is 1. The maximum atomic E-state index is 12.0. The van der Waals surface area contributed by atoms with Gasteiger partial charge in [-0.15, -0.1) is 0 Å². The number of hydrogen-bond donors (Lipinski definition) is 2. The van der Waals surface area contributed by atoms with Crippen LogP contribution >= 0.6 is 0 Å². The van der Waals surface area contributed by atoms with E-state index >= 15 is 0 Å². The second-order valence-corrected chi connectivity index (χ2v) is 7.29. The molecule has 0 aliphatic carbocycles. The lowest BCUT2D eigenvalue weighted by Crippen LogP contribution is -2.38. The minimum Gasteiger partial charge on any atom is -0.370 e. The highest BCUT2D eigenvalue weighted by molar-refractivity contribution is 5.94. The molecule has 0 bridgehead atoms. The molecule has 0 radical (unpaired) electrons. The molecule has 0 aliphatic rings. The zero-order valence-electron chi connectivity index (χ0n) is 16.4. The predicted molar refractivity (Wildman–Crippen MR) is 106 cm³/mol. The van der Waals surface area contributed by atoms with Crippen LogP contribution in [0.5, 0.6) is 0 Å². The first-order valence-corrected chi connectivity index (χ1v) is 9.16. The largest absolute Gasteiger partial charge is 0.370 e. The second kappa shape index (κ2) is 10.7. The van der Waals surface area contributed by atoms with Crippen LogP contribution in [0.4, 0.5) is 0 Å². The molecule has 1 rings (SSSR count). The summed E-state index contributed by atoms with van der Waals surface area (Å²) in [6.07, 6.45) is 4.30. The highest BCUT2D eigenvalue weighted by atomic mass is 16.2. The Morgan fingerprint density at radius 2 is 1.96 bits per heavy atom. The molecule has 1 aromatic rings. The number of nitrogens with one attached hydrogen (secondary N) is 1. The Kier molecular flexibility index (Phi) is 9.03. The van der Waals surface area contributed by atoms with Crippen molar-refractivity contribution in [1.82, 2.24) is 10.2 Å². The van der Waals surface area contributed by atoms with Gasteiger partial charge in [-0.2, -0.15) is 0 Å². The van der Waals surface area contributed by atoms with E-state index in [0.29, 0.717) is 24.1 Å². The lowest BCUT2D eigenvalue weighted by molar-refractivity contribution is 0.0827. The summed E-state index contributed by atoms with van der Waals surface area (Å²) in [5.74, 6) is 1.26. The van der Waals surface area contributed by atoms with Crippen molar-refractivity contribution in [2.45, 2.75) is 52.5 Å². The van der Waals surface area contributed by atoms with E-state index in [0.717, 1.165) is 24.3 Å². The average Bonchev–Trinajstić information content (AvgIpc) is 2.53. The SMILES string of the molecule is CC(C)CCCC(C)NC(N)=NCCc1cccc(C(=O)N(C)C)c1. The fraction of sp³-hybridized carbons (Fsp3) is 0.600. The monoisotopic (exact) mass is 346 g/mol. The lowest BCUT2D eigenvalue weighted by atomic mass is 10.0. The van der Waals surface area contributed by atoms with Crippen LogP contribution in [-0.2, 0) is 6.42 Å². The summed E-state index contributed by atoms with van der Waals surface area (Å²) in [5, 5.41) is 3.25. The standard InChI is InChI=1S/C20H34N4O/c1-15(2)8-6-9-16(3)23-20(21)22-13-12-17-10-7-11-18(14-17)19(25)24(4)5/h7,10-11,14-16H,6,8-9,12-13H2,1-5H3,(H3,21,22,23). The zero-order chi connectivity index (χ0) is 18.8. The molecule has 0 saturated carbocycles. The van der Waals surface area contributed by atoms with Crippen molar-refractivity contribution in [1.29, 1.82) is 0 Å². The topological polar surface area (TPSA) is 70.7 Å². The van der Waals surface area contributed by atoms with Crippen molar-refractivity contribution in [2.24, 2.45) is 16.6 Å². The van der Waals surface area contributed by atoms with E-state index in [9.17, 15) is 4.79 Å². The quantitative estimate of drug-likeness (QED) is 0.533. The molecule has 0 heterocycles. The first kappa shape index (κ1) is 21.0. The number of guanidine groups is 1. The van der Waals surface area contributed by atoms with Gasteiger partial charge in [-0.1, -0.05) is 38.8 Å². The number of carbonyl (C=O) groups excluding carboxylic acids is 1. The maximum absolute atomic E-state index is 12.0. The normalized spacial score (nSPS) is 13.0. The summed E-state index contributed by atoms with van der Waals surface area (Å²) in [4.78, 5) is 18.0. The molecule has 0 saturated heterocycles. The van der Waals surface area contributed by atoms with Crippen molar-refractivity contribution >= 4 is 11.9 Å². The van der Waals surface area contributed by atoms with E-state index in [-0.39, 0.29) is 5.91 Å². The van der Waals surface area contributed by atoms with Crippen molar-refractivity contribution in [3.63, 3.8) is 0 Å². The molecule has 1 amide bonds.